The lowest BCUT2D eigenvalue weighted by atomic mass is 9.94. The Hall–Kier alpha value is -2.44. The molecule has 1 aliphatic carbocycles. The van der Waals surface area contributed by atoms with Gasteiger partial charge in [0.15, 0.2) is 0 Å². The number of carbonyl (C=O) groups excluding carboxylic acids is 1. The van der Waals surface area contributed by atoms with Crippen LogP contribution in [0.2, 0.25) is 0 Å². The molecule has 1 N–H and O–H groups in total. The maximum absolute atomic E-state index is 13.0. The molecular formula is C20H26FN5O. The molecule has 1 aliphatic heterocycles. The summed E-state index contributed by atoms with van der Waals surface area (Å²) in [6.45, 7) is 2.96. The van der Waals surface area contributed by atoms with Crippen molar-refractivity contribution in [1.29, 1.82) is 0 Å². The van der Waals surface area contributed by atoms with Gasteiger partial charge in [0, 0.05) is 32.6 Å². The molecule has 1 aromatic heterocycles. The van der Waals surface area contributed by atoms with Crippen molar-refractivity contribution in [1.82, 2.24) is 25.0 Å². The molecule has 2 amide bonds. The highest BCUT2D eigenvalue weighted by molar-refractivity contribution is 5.74. The predicted molar refractivity (Wildman–Crippen MR) is 99.4 cm³/mol. The van der Waals surface area contributed by atoms with Gasteiger partial charge in [0.2, 0.25) is 0 Å². The molecule has 2 aliphatic rings. The van der Waals surface area contributed by atoms with E-state index in [0.717, 1.165) is 56.2 Å². The highest BCUT2D eigenvalue weighted by atomic mass is 19.1. The lowest BCUT2D eigenvalue weighted by molar-refractivity contribution is 0.164. The second-order valence-corrected chi connectivity index (χ2v) is 7.79. The van der Waals surface area contributed by atoms with Crippen LogP contribution in [-0.4, -0.2) is 38.8 Å². The fourth-order valence-corrected chi connectivity index (χ4v) is 3.73. The highest BCUT2D eigenvalue weighted by Gasteiger charge is 2.27. The van der Waals surface area contributed by atoms with Crippen LogP contribution in [0, 0.1) is 17.7 Å². The van der Waals surface area contributed by atoms with Crippen molar-refractivity contribution in [3.05, 3.63) is 47.8 Å². The van der Waals surface area contributed by atoms with Gasteiger partial charge in [-0.15, -0.1) is 10.2 Å². The lowest BCUT2D eigenvalue weighted by Crippen LogP contribution is -2.45. The number of carbonyl (C=O) groups is 1. The van der Waals surface area contributed by atoms with Crippen LogP contribution in [0.15, 0.2) is 30.6 Å². The fraction of sp³-hybridized carbons (Fsp3) is 0.550. The second kappa shape index (κ2) is 8.06. The van der Waals surface area contributed by atoms with Crippen molar-refractivity contribution >= 4 is 6.03 Å². The Morgan fingerprint density at radius 3 is 2.78 bits per heavy atom. The first-order chi connectivity index (χ1) is 13.2. The summed E-state index contributed by atoms with van der Waals surface area (Å²) >= 11 is 0. The summed E-state index contributed by atoms with van der Waals surface area (Å²) in [6.07, 6.45) is 7.44. The first-order valence-corrected chi connectivity index (χ1v) is 9.81. The van der Waals surface area contributed by atoms with Crippen LogP contribution in [-0.2, 0) is 19.5 Å². The Bertz CT molecular complexity index is 771. The first kappa shape index (κ1) is 17.9. The smallest absolute Gasteiger partial charge is 0.317 e. The molecule has 1 unspecified atom stereocenters. The number of halogens is 1. The van der Waals surface area contributed by atoms with E-state index in [1.54, 1.807) is 12.1 Å². The topological polar surface area (TPSA) is 63.1 Å². The van der Waals surface area contributed by atoms with Crippen LogP contribution < -0.4 is 5.32 Å². The third-order valence-corrected chi connectivity index (χ3v) is 5.48. The van der Waals surface area contributed by atoms with Gasteiger partial charge in [0.05, 0.1) is 0 Å². The van der Waals surface area contributed by atoms with Crippen LogP contribution in [0.3, 0.4) is 0 Å². The maximum atomic E-state index is 13.0. The van der Waals surface area contributed by atoms with Crippen molar-refractivity contribution in [3.8, 4) is 0 Å². The number of aromatic nitrogens is 3. The van der Waals surface area contributed by atoms with Gasteiger partial charge in [0.25, 0.3) is 0 Å². The molecule has 4 rings (SSSR count). The largest absolute Gasteiger partial charge is 0.334 e. The summed E-state index contributed by atoms with van der Waals surface area (Å²) < 4.78 is 15.2. The van der Waals surface area contributed by atoms with E-state index in [1.165, 1.54) is 25.0 Å². The normalized spacial score (nSPS) is 19.9. The number of rotatable bonds is 6. The van der Waals surface area contributed by atoms with Gasteiger partial charge in [-0.1, -0.05) is 12.1 Å². The van der Waals surface area contributed by atoms with Crippen LogP contribution in [0.5, 0.6) is 0 Å². The molecule has 6 nitrogen and oxygen atoms in total. The van der Waals surface area contributed by atoms with Crippen LogP contribution in [0.1, 0.15) is 37.1 Å². The standard InChI is InChI=1S/C20H26FN5O/c21-18-7-5-15(6-8-18)11-22-20(27)25-9-1-2-17(13-25)10-19-24-23-14-26(19)12-16-3-4-16/h5-8,14,16-17H,1-4,9-13H2,(H,22,27). The molecule has 1 atom stereocenters. The van der Waals surface area contributed by atoms with Gasteiger partial charge < -0.3 is 14.8 Å². The minimum absolute atomic E-state index is 0.0523. The molecule has 2 aromatic rings. The van der Waals surface area contributed by atoms with E-state index in [9.17, 15) is 9.18 Å². The molecule has 2 heterocycles. The van der Waals surface area contributed by atoms with Crippen molar-refractivity contribution in [2.24, 2.45) is 11.8 Å². The molecule has 1 saturated heterocycles. The zero-order valence-electron chi connectivity index (χ0n) is 15.5. The number of hydrogen-bond acceptors (Lipinski definition) is 3. The zero-order chi connectivity index (χ0) is 18.6. The second-order valence-electron chi connectivity index (χ2n) is 7.79. The van der Waals surface area contributed by atoms with E-state index in [1.807, 2.05) is 11.2 Å². The van der Waals surface area contributed by atoms with E-state index >= 15 is 0 Å². The third-order valence-electron chi connectivity index (χ3n) is 5.48. The number of nitrogens with one attached hydrogen (secondary N) is 1. The van der Waals surface area contributed by atoms with E-state index < -0.39 is 0 Å². The summed E-state index contributed by atoms with van der Waals surface area (Å²) in [4.78, 5) is 14.4. The highest BCUT2D eigenvalue weighted by Crippen LogP contribution is 2.31. The SMILES string of the molecule is O=C(NCc1ccc(F)cc1)N1CCCC(Cc2nncn2CC2CC2)C1. The minimum atomic E-state index is -0.265. The number of piperidine rings is 1. The molecule has 0 radical (unpaired) electrons. The van der Waals surface area contributed by atoms with E-state index in [0.29, 0.717) is 12.5 Å². The quantitative estimate of drug-likeness (QED) is 0.849. The molecule has 7 heteroatoms. The van der Waals surface area contributed by atoms with Gasteiger partial charge in [-0.25, -0.2) is 9.18 Å². The van der Waals surface area contributed by atoms with E-state index in [-0.39, 0.29) is 11.8 Å². The van der Waals surface area contributed by atoms with Crippen LogP contribution in [0.4, 0.5) is 9.18 Å². The van der Waals surface area contributed by atoms with Gasteiger partial charge in [0.1, 0.15) is 18.0 Å². The Balaban J connectivity index is 1.29. The maximum Gasteiger partial charge on any atom is 0.317 e. The number of likely N-dealkylation sites (tertiary alicyclic amines) is 1. The Morgan fingerprint density at radius 2 is 2.00 bits per heavy atom. The molecule has 144 valence electrons. The predicted octanol–water partition coefficient (Wildman–Crippen LogP) is 2.99. The Labute approximate surface area is 158 Å². The van der Waals surface area contributed by atoms with E-state index in [4.69, 9.17) is 0 Å². The van der Waals surface area contributed by atoms with Crippen molar-refractivity contribution < 1.29 is 9.18 Å². The summed E-state index contributed by atoms with van der Waals surface area (Å²) in [5.74, 6) is 1.98. The monoisotopic (exact) mass is 371 g/mol. The molecular weight excluding hydrogens is 345 g/mol. The number of benzene rings is 1. The van der Waals surface area contributed by atoms with Crippen molar-refractivity contribution in [2.45, 2.75) is 45.2 Å². The molecule has 27 heavy (non-hydrogen) atoms. The Kier molecular flexibility index (Phi) is 5.36. The summed E-state index contributed by atoms with van der Waals surface area (Å²) in [5, 5.41) is 11.3. The van der Waals surface area contributed by atoms with Gasteiger partial charge >= 0.3 is 6.03 Å². The van der Waals surface area contributed by atoms with Crippen LogP contribution in [0.25, 0.3) is 0 Å². The molecule has 1 aromatic carbocycles. The lowest BCUT2D eigenvalue weighted by Gasteiger charge is -2.32. The Morgan fingerprint density at radius 1 is 1.19 bits per heavy atom. The van der Waals surface area contributed by atoms with Crippen molar-refractivity contribution in [2.75, 3.05) is 13.1 Å². The van der Waals surface area contributed by atoms with Crippen LogP contribution >= 0.6 is 0 Å². The average Bonchev–Trinajstić information content (AvgIpc) is 3.40. The van der Waals surface area contributed by atoms with Gasteiger partial charge in [-0.05, 0) is 55.2 Å². The number of urea groups is 1. The minimum Gasteiger partial charge on any atom is -0.334 e. The number of amides is 2. The third kappa shape index (κ3) is 4.84. The van der Waals surface area contributed by atoms with Gasteiger partial charge in [-0.2, -0.15) is 0 Å². The molecule has 0 bridgehead atoms. The summed E-state index contributed by atoms with van der Waals surface area (Å²) in [7, 11) is 0. The average molecular weight is 371 g/mol. The molecule has 0 spiro atoms. The number of nitrogens with zero attached hydrogens (tertiary/aromatic N) is 4. The summed E-state index contributed by atoms with van der Waals surface area (Å²) in [5.41, 5.74) is 0.895. The van der Waals surface area contributed by atoms with Crippen molar-refractivity contribution in [3.63, 3.8) is 0 Å². The summed E-state index contributed by atoms with van der Waals surface area (Å²) in [6, 6.07) is 6.16. The zero-order valence-corrected chi connectivity index (χ0v) is 15.5. The van der Waals surface area contributed by atoms with E-state index in [2.05, 4.69) is 20.1 Å². The molecule has 1 saturated carbocycles. The molecule has 2 fully saturated rings. The van der Waals surface area contributed by atoms with Gasteiger partial charge in [-0.3, -0.25) is 0 Å². The number of hydrogen-bond donors (Lipinski definition) is 1. The fourth-order valence-electron chi connectivity index (χ4n) is 3.73. The first-order valence-electron chi connectivity index (χ1n) is 9.81.